The highest BCUT2D eigenvalue weighted by Crippen LogP contribution is 2.25. The molecule has 1 fully saturated rings. The summed E-state index contributed by atoms with van der Waals surface area (Å²) in [6, 6.07) is 6.82. The first-order valence-corrected chi connectivity index (χ1v) is 6.31. The maximum absolute atomic E-state index is 6.00. The second-order valence-corrected chi connectivity index (χ2v) is 5.16. The maximum atomic E-state index is 6.00. The minimum atomic E-state index is 0.353. The number of hydrogen-bond acceptors (Lipinski definition) is 2. The van der Waals surface area contributed by atoms with Crippen LogP contribution in [0, 0.1) is 6.92 Å². The van der Waals surface area contributed by atoms with Gasteiger partial charge in [0.2, 0.25) is 0 Å². The third-order valence-corrected chi connectivity index (χ3v) is 3.51. The molecule has 1 aliphatic rings. The smallest absolute Gasteiger partial charge is 0.0426 e. The molecular weight excluding hydrogens is 220 g/mol. The molecule has 0 saturated heterocycles. The molecule has 2 atom stereocenters. The number of benzene rings is 1. The summed E-state index contributed by atoms with van der Waals surface area (Å²) in [5, 5.41) is 4.34. The average molecular weight is 239 g/mol. The minimum Gasteiger partial charge on any atom is -0.382 e. The van der Waals surface area contributed by atoms with Crippen LogP contribution in [-0.4, -0.2) is 12.1 Å². The van der Waals surface area contributed by atoms with Crippen LogP contribution in [-0.2, 0) is 0 Å². The molecule has 0 amide bonds. The molecule has 0 radical (unpaired) electrons. The van der Waals surface area contributed by atoms with E-state index in [0.29, 0.717) is 12.1 Å². The van der Waals surface area contributed by atoms with E-state index in [2.05, 4.69) is 12.2 Å². The van der Waals surface area contributed by atoms with E-state index >= 15 is 0 Å². The fourth-order valence-corrected chi connectivity index (χ4v) is 2.50. The van der Waals surface area contributed by atoms with E-state index < -0.39 is 0 Å². The first-order valence-electron chi connectivity index (χ1n) is 5.93. The highest BCUT2D eigenvalue weighted by molar-refractivity contribution is 6.30. The molecule has 1 aliphatic carbocycles. The summed E-state index contributed by atoms with van der Waals surface area (Å²) in [5.41, 5.74) is 8.37. The van der Waals surface area contributed by atoms with Crippen molar-refractivity contribution in [1.82, 2.24) is 0 Å². The molecule has 3 heteroatoms. The zero-order chi connectivity index (χ0) is 11.5. The molecule has 1 aromatic carbocycles. The van der Waals surface area contributed by atoms with E-state index in [1.165, 1.54) is 18.4 Å². The summed E-state index contributed by atoms with van der Waals surface area (Å²) >= 11 is 6.00. The van der Waals surface area contributed by atoms with Crippen LogP contribution in [0.5, 0.6) is 0 Å². The Hall–Kier alpha value is -0.730. The molecule has 16 heavy (non-hydrogen) atoms. The lowest BCUT2D eigenvalue weighted by Crippen LogP contribution is -2.35. The summed E-state index contributed by atoms with van der Waals surface area (Å²) in [4.78, 5) is 0. The maximum Gasteiger partial charge on any atom is 0.0426 e. The molecule has 0 aliphatic heterocycles. The predicted octanol–water partition coefficient (Wildman–Crippen LogP) is 3.33. The summed E-state index contributed by atoms with van der Waals surface area (Å²) in [7, 11) is 0. The SMILES string of the molecule is Cc1ccc(Cl)cc1NC1CCCC(N)C1. The first kappa shape index (κ1) is 11.7. The number of aryl methyl sites for hydroxylation is 1. The standard InChI is InChI=1S/C13H19ClN2/c1-9-5-6-10(14)7-13(9)16-12-4-2-3-11(15)8-12/h5-7,11-12,16H,2-4,8,15H2,1H3. The van der Waals surface area contributed by atoms with Gasteiger partial charge in [0.1, 0.15) is 0 Å². The molecule has 0 bridgehead atoms. The molecule has 88 valence electrons. The Kier molecular flexibility index (Phi) is 3.72. The van der Waals surface area contributed by atoms with Gasteiger partial charge < -0.3 is 11.1 Å². The van der Waals surface area contributed by atoms with Crippen LogP contribution in [0.4, 0.5) is 5.69 Å². The van der Waals surface area contributed by atoms with Gasteiger partial charge >= 0.3 is 0 Å². The predicted molar refractivity (Wildman–Crippen MR) is 70.0 cm³/mol. The van der Waals surface area contributed by atoms with Crippen molar-refractivity contribution in [1.29, 1.82) is 0 Å². The van der Waals surface area contributed by atoms with Gasteiger partial charge in [0, 0.05) is 22.8 Å². The third kappa shape index (κ3) is 2.89. The van der Waals surface area contributed by atoms with Crippen molar-refractivity contribution < 1.29 is 0 Å². The van der Waals surface area contributed by atoms with Crippen LogP contribution in [0.15, 0.2) is 18.2 Å². The van der Waals surface area contributed by atoms with E-state index in [-0.39, 0.29) is 0 Å². The highest BCUT2D eigenvalue weighted by atomic mass is 35.5. The van der Waals surface area contributed by atoms with E-state index in [1.807, 2.05) is 18.2 Å². The summed E-state index contributed by atoms with van der Waals surface area (Å²) < 4.78 is 0. The average Bonchev–Trinajstić information content (AvgIpc) is 2.24. The molecule has 0 heterocycles. The van der Waals surface area contributed by atoms with Gasteiger partial charge in [-0.3, -0.25) is 0 Å². The molecule has 3 N–H and O–H groups in total. The van der Waals surface area contributed by atoms with E-state index in [0.717, 1.165) is 23.6 Å². The van der Waals surface area contributed by atoms with Gasteiger partial charge in [-0.1, -0.05) is 17.7 Å². The lowest BCUT2D eigenvalue weighted by Gasteiger charge is -2.28. The second-order valence-electron chi connectivity index (χ2n) is 4.73. The molecule has 2 nitrogen and oxygen atoms in total. The van der Waals surface area contributed by atoms with Gasteiger partial charge in [-0.25, -0.2) is 0 Å². The molecule has 2 rings (SSSR count). The van der Waals surface area contributed by atoms with Crippen LogP contribution >= 0.6 is 11.6 Å². The number of hydrogen-bond donors (Lipinski definition) is 2. The Morgan fingerprint density at radius 1 is 1.38 bits per heavy atom. The van der Waals surface area contributed by atoms with E-state index in [4.69, 9.17) is 17.3 Å². The van der Waals surface area contributed by atoms with Crippen molar-refractivity contribution in [2.45, 2.75) is 44.7 Å². The topological polar surface area (TPSA) is 38.0 Å². The van der Waals surface area contributed by atoms with Crippen LogP contribution in [0.25, 0.3) is 0 Å². The Bertz CT molecular complexity index is 365. The van der Waals surface area contributed by atoms with Crippen molar-refractivity contribution in [3.8, 4) is 0 Å². The van der Waals surface area contributed by atoms with Gasteiger partial charge in [0.05, 0.1) is 0 Å². The molecule has 2 unspecified atom stereocenters. The molecule has 1 saturated carbocycles. The van der Waals surface area contributed by atoms with Crippen molar-refractivity contribution >= 4 is 17.3 Å². The van der Waals surface area contributed by atoms with Crippen LogP contribution in [0.3, 0.4) is 0 Å². The Morgan fingerprint density at radius 3 is 2.94 bits per heavy atom. The van der Waals surface area contributed by atoms with E-state index in [1.54, 1.807) is 0 Å². The van der Waals surface area contributed by atoms with E-state index in [9.17, 15) is 0 Å². The molecule has 0 aromatic heterocycles. The zero-order valence-corrected chi connectivity index (χ0v) is 10.4. The van der Waals surface area contributed by atoms with Crippen molar-refractivity contribution in [3.05, 3.63) is 28.8 Å². The summed E-state index contributed by atoms with van der Waals surface area (Å²) in [6.45, 7) is 2.10. The van der Waals surface area contributed by atoms with Crippen molar-refractivity contribution in [3.63, 3.8) is 0 Å². The van der Waals surface area contributed by atoms with Crippen LogP contribution in [0.2, 0.25) is 5.02 Å². The number of nitrogens with two attached hydrogens (primary N) is 1. The number of halogens is 1. The lowest BCUT2D eigenvalue weighted by atomic mass is 9.91. The van der Waals surface area contributed by atoms with Gasteiger partial charge in [-0.05, 0) is 50.3 Å². The molecular formula is C13H19ClN2. The Labute approximate surface area is 102 Å². The summed E-state index contributed by atoms with van der Waals surface area (Å²) in [6.07, 6.45) is 4.65. The van der Waals surface area contributed by atoms with Gasteiger partial charge in [0.15, 0.2) is 0 Å². The molecule has 0 spiro atoms. The lowest BCUT2D eigenvalue weighted by molar-refractivity contribution is 0.409. The van der Waals surface area contributed by atoms with Crippen LogP contribution in [0.1, 0.15) is 31.2 Å². The van der Waals surface area contributed by atoms with Gasteiger partial charge in [-0.15, -0.1) is 0 Å². The largest absolute Gasteiger partial charge is 0.382 e. The number of anilines is 1. The zero-order valence-electron chi connectivity index (χ0n) is 9.67. The van der Waals surface area contributed by atoms with Crippen molar-refractivity contribution in [2.75, 3.05) is 5.32 Å². The highest BCUT2D eigenvalue weighted by Gasteiger charge is 2.19. The quantitative estimate of drug-likeness (QED) is 0.830. The minimum absolute atomic E-state index is 0.353. The van der Waals surface area contributed by atoms with Gasteiger partial charge in [0.25, 0.3) is 0 Å². The van der Waals surface area contributed by atoms with Crippen molar-refractivity contribution in [2.24, 2.45) is 5.73 Å². The fourth-order valence-electron chi connectivity index (χ4n) is 2.33. The Morgan fingerprint density at radius 2 is 2.19 bits per heavy atom. The molecule has 1 aromatic rings. The number of rotatable bonds is 2. The van der Waals surface area contributed by atoms with Gasteiger partial charge in [-0.2, -0.15) is 0 Å². The normalized spacial score (nSPS) is 25.4. The Balaban J connectivity index is 2.05. The fraction of sp³-hybridized carbons (Fsp3) is 0.538. The second kappa shape index (κ2) is 5.07. The monoisotopic (exact) mass is 238 g/mol. The number of nitrogens with one attached hydrogen (secondary N) is 1. The summed E-state index contributed by atoms with van der Waals surface area (Å²) in [5.74, 6) is 0. The van der Waals surface area contributed by atoms with Crippen LogP contribution < -0.4 is 11.1 Å². The first-order chi connectivity index (χ1) is 7.65. The third-order valence-electron chi connectivity index (χ3n) is 3.27.